The Bertz CT molecular complexity index is 1300. The molecule has 0 saturated heterocycles. The van der Waals surface area contributed by atoms with Gasteiger partial charge in [-0.25, -0.2) is 9.67 Å². The number of hydrogen-bond donors (Lipinski definition) is 2. The number of nitrogens with one attached hydrogen (secondary N) is 1. The van der Waals surface area contributed by atoms with E-state index in [2.05, 4.69) is 10.3 Å². The number of thioether (sulfide) groups is 1. The number of aromatic nitrogens is 3. The number of primary amides is 1. The molecule has 0 aliphatic rings. The zero-order chi connectivity index (χ0) is 23.4. The monoisotopic (exact) mass is 479 g/mol. The fourth-order valence-corrected chi connectivity index (χ4v) is 5.04. The van der Waals surface area contributed by atoms with Gasteiger partial charge in [0.15, 0.2) is 5.13 Å². The van der Waals surface area contributed by atoms with Crippen molar-refractivity contribution >= 4 is 40.0 Å². The Kier molecular flexibility index (Phi) is 6.76. The summed E-state index contributed by atoms with van der Waals surface area (Å²) >= 11 is 2.60. The highest BCUT2D eigenvalue weighted by atomic mass is 32.2. The molecule has 0 saturated carbocycles. The van der Waals surface area contributed by atoms with Gasteiger partial charge in [-0.05, 0) is 31.2 Å². The molecular weight excluding hydrogens is 458 g/mol. The van der Waals surface area contributed by atoms with E-state index >= 15 is 0 Å². The minimum atomic E-state index is -0.409. The highest BCUT2D eigenvalue weighted by molar-refractivity contribution is 8.01. The molecule has 0 radical (unpaired) electrons. The van der Waals surface area contributed by atoms with Gasteiger partial charge in [0.2, 0.25) is 5.91 Å². The number of hydrogen-bond acceptors (Lipinski definition) is 7. The van der Waals surface area contributed by atoms with Crippen LogP contribution in [-0.2, 0) is 4.79 Å². The molecule has 2 heterocycles. The third-order valence-corrected chi connectivity index (χ3v) is 7.12. The van der Waals surface area contributed by atoms with E-state index < -0.39 is 5.91 Å². The largest absolute Gasteiger partial charge is 0.496 e. The smallest absolute Gasteiger partial charge is 0.261 e. The first-order valence-corrected chi connectivity index (χ1v) is 11.7. The van der Waals surface area contributed by atoms with Gasteiger partial charge in [0.1, 0.15) is 11.4 Å². The van der Waals surface area contributed by atoms with Crippen LogP contribution in [0.15, 0.2) is 65.0 Å². The Hall–Kier alpha value is -3.63. The number of rotatable bonds is 8. The first-order chi connectivity index (χ1) is 16.0. The summed E-state index contributed by atoms with van der Waals surface area (Å²) in [6.45, 7) is 1.82. The van der Waals surface area contributed by atoms with Crippen molar-refractivity contribution in [3.8, 4) is 22.7 Å². The lowest BCUT2D eigenvalue weighted by molar-refractivity contribution is -0.115. The second-order valence-electron chi connectivity index (χ2n) is 6.97. The molecular formula is C23H21N5O3S2. The molecule has 0 unspecified atom stereocenters. The van der Waals surface area contributed by atoms with Crippen LogP contribution in [0.4, 0.5) is 5.13 Å². The number of aryl methyl sites for hydroxylation is 1. The van der Waals surface area contributed by atoms with E-state index in [1.54, 1.807) is 18.0 Å². The minimum Gasteiger partial charge on any atom is -0.496 e. The predicted molar refractivity (Wildman–Crippen MR) is 130 cm³/mol. The number of thiazole rings is 1. The lowest BCUT2D eigenvalue weighted by Crippen LogP contribution is -2.12. The van der Waals surface area contributed by atoms with Crippen molar-refractivity contribution in [2.45, 2.75) is 11.1 Å². The van der Waals surface area contributed by atoms with Gasteiger partial charge in [-0.3, -0.25) is 14.9 Å². The molecule has 4 rings (SSSR count). The van der Waals surface area contributed by atoms with Crippen LogP contribution >= 0.6 is 23.1 Å². The van der Waals surface area contributed by atoms with Crippen LogP contribution in [0.1, 0.15) is 16.1 Å². The molecule has 8 nitrogen and oxygen atoms in total. The standard InChI is InChI=1S/C23H21N5O3S2/c1-14-22(32-13-19(24)29)33-23(25-14)26-21(30)17-12-28(15-8-4-3-5-9-15)27-20(17)16-10-6-7-11-18(16)31-2/h3-12H,13H2,1-2H3,(H2,24,29)(H,25,26,30). The van der Waals surface area contributed by atoms with Gasteiger partial charge in [0, 0.05) is 11.8 Å². The van der Waals surface area contributed by atoms with Crippen LogP contribution in [0, 0.1) is 6.92 Å². The normalized spacial score (nSPS) is 10.7. The van der Waals surface area contributed by atoms with Gasteiger partial charge >= 0.3 is 0 Å². The number of nitrogens with two attached hydrogens (primary N) is 1. The number of methoxy groups -OCH3 is 1. The summed E-state index contributed by atoms with van der Waals surface area (Å²) in [6, 6.07) is 17.0. The van der Waals surface area contributed by atoms with Gasteiger partial charge in [-0.2, -0.15) is 5.10 Å². The summed E-state index contributed by atoms with van der Waals surface area (Å²) in [6.07, 6.45) is 1.69. The van der Waals surface area contributed by atoms with Gasteiger partial charge in [-0.1, -0.05) is 41.7 Å². The van der Waals surface area contributed by atoms with E-state index in [0.29, 0.717) is 27.7 Å². The Morgan fingerprint density at radius 1 is 1.15 bits per heavy atom. The zero-order valence-corrected chi connectivity index (χ0v) is 19.6. The van der Waals surface area contributed by atoms with Crippen molar-refractivity contribution in [1.82, 2.24) is 14.8 Å². The summed E-state index contributed by atoms with van der Waals surface area (Å²) in [4.78, 5) is 28.8. The van der Waals surface area contributed by atoms with Crippen molar-refractivity contribution in [3.63, 3.8) is 0 Å². The number of benzene rings is 2. The Morgan fingerprint density at radius 3 is 2.61 bits per heavy atom. The topological polar surface area (TPSA) is 112 Å². The Morgan fingerprint density at radius 2 is 1.88 bits per heavy atom. The number of nitrogens with zero attached hydrogens (tertiary/aromatic N) is 3. The van der Waals surface area contributed by atoms with E-state index in [4.69, 9.17) is 15.6 Å². The summed E-state index contributed by atoms with van der Waals surface area (Å²) in [5.74, 6) is 0.00429. The van der Waals surface area contributed by atoms with Crippen molar-refractivity contribution in [2.75, 3.05) is 18.2 Å². The van der Waals surface area contributed by atoms with Gasteiger partial charge < -0.3 is 10.5 Å². The first-order valence-electron chi connectivity index (χ1n) is 9.94. The van der Waals surface area contributed by atoms with Crippen molar-refractivity contribution in [1.29, 1.82) is 0 Å². The molecule has 0 aliphatic carbocycles. The first kappa shape index (κ1) is 22.6. The van der Waals surface area contributed by atoms with E-state index in [9.17, 15) is 9.59 Å². The van der Waals surface area contributed by atoms with Crippen molar-refractivity contribution < 1.29 is 14.3 Å². The Labute approximate surface area is 198 Å². The molecule has 33 heavy (non-hydrogen) atoms. The van der Waals surface area contributed by atoms with Crippen LogP contribution in [0.3, 0.4) is 0 Å². The second kappa shape index (κ2) is 9.88. The van der Waals surface area contributed by atoms with Gasteiger partial charge in [0.05, 0.1) is 34.0 Å². The molecule has 0 bridgehead atoms. The van der Waals surface area contributed by atoms with Gasteiger partial charge in [0.25, 0.3) is 5.91 Å². The molecule has 0 fully saturated rings. The molecule has 2 aromatic carbocycles. The number of carbonyl (C=O) groups excluding carboxylic acids is 2. The van der Waals surface area contributed by atoms with E-state index in [0.717, 1.165) is 15.6 Å². The van der Waals surface area contributed by atoms with Crippen LogP contribution in [0.25, 0.3) is 16.9 Å². The molecule has 3 N–H and O–H groups in total. The average molecular weight is 480 g/mol. The third-order valence-electron chi connectivity index (χ3n) is 4.66. The van der Waals surface area contributed by atoms with Gasteiger partial charge in [-0.15, -0.1) is 11.8 Å². The number of para-hydroxylation sites is 2. The zero-order valence-electron chi connectivity index (χ0n) is 17.9. The fraction of sp³-hybridized carbons (Fsp3) is 0.130. The number of ether oxygens (including phenoxy) is 1. The van der Waals surface area contributed by atoms with Crippen LogP contribution in [0.2, 0.25) is 0 Å². The summed E-state index contributed by atoms with van der Waals surface area (Å²) < 4.78 is 7.99. The summed E-state index contributed by atoms with van der Waals surface area (Å²) in [5, 5.41) is 7.99. The number of amides is 2. The second-order valence-corrected chi connectivity index (χ2v) is 9.22. The number of carbonyl (C=O) groups is 2. The Balaban J connectivity index is 1.70. The molecule has 2 aromatic heterocycles. The highest BCUT2D eigenvalue weighted by Crippen LogP contribution is 2.34. The lowest BCUT2D eigenvalue weighted by Gasteiger charge is -2.07. The third kappa shape index (κ3) is 5.07. The molecule has 0 spiro atoms. The molecule has 10 heteroatoms. The molecule has 2 amide bonds. The van der Waals surface area contributed by atoms with E-state index in [1.807, 2.05) is 61.5 Å². The predicted octanol–water partition coefficient (Wildman–Crippen LogP) is 4.14. The maximum Gasteiger partial charge on any atom is 0.261 e. The quantitative estimate of drug-likeness (QED) is 0.367. The maximum atomic E-state index is 13.3. The number of anilines is 1. The SMILES string of the molecule is COc1ccccc1-c1nn(-c2ccccc2)cc1C(=O)Nc1nc(C)c(SCC(N)=O)s1. The molecule has 0 atom stereocenters. The minimum absolute atomic E-state index is 0.151. The molecule has 4 aromatic rings. The van der Waals surface area contributed by atoms with Crippen LogP contribution in [0.5, 0.6) is 5.75 Å². The molecule has 168 valence electrons. The van der Waals surface area contributed by atoms with Crippen molar-refractivity contribution in [2.24, 2.45) is 5.73 Å². The van der Waals surface area contributed by atoms with E-state index in [1.165, 1.54) is 23.1 Å². The van der Waals surface area contributed by atoms with E-state index in [-0.39, 0.29) is 11.7 Å². The average Bonchev–Trinajstić information content (AvgIpc) is 3.42. The van der Waals surface area contributed by atoms with Crippen LogP contribution < -0.4 is 15.8 Å². The maximum absolute atomic E-state index is 13.3. The summed E-state index contributed by atoms with van der Waals surface area (Å²) in [5.41, 5.74) is 8.36. The summed E-state index contributed by atoms with van der Waals surface area (Å²) in [7, 11) is 1.58. The lowest BCUT2D eigenvalue weighted by atomic mass is 10.1. The molecule has 0 aliphatic heterocycles. The van der Waals surface area contributed by atoms with Crippen molar-refractivity contribution in [3.05, 3.63) is 72.1 Å². The highest BCUT2D eigenvalue weighted by Gasteiger charge is 2.22. The fourth-order valence-electron chi connectivity index (χ4n) is 3.16. The van der Waals surface area contributed by atoms with Crippen LogP contribution in [-0.4, -0.2) is 39.4 Å².